The Kier molecular flexibility index (Phi) is 5.62. The molecule has 1 saturated carbocycles. The summed E-state index contributed by atoms with van der Waals surface area (Å²) in [5.74, 6) is 0. The standard InChI is InChI=1S/C16H22N2O2/c19-15-10-8-14(9-11-15)18-16(20)17-12-4-7-13-5-2-1-3-6-13/h1-7,14-15,19H,8-12H2,(H2,17,18,20). The number of carbonyl (C=O) groups excluding carboxylic acids is 1. The number of amides is 2. The molecule has 0 bridgehead atoms. The van der Waals surface area contributed by atoms with Crippen LogP contribution in [0, 0.1) is 0 Å². The Labute approximate surface area is 119 Å². The first-order valence-corrected chi connectivity index (χ1v) is 7.18. The zero-order valence-corrected chi connectivity index (χ0v) is 11.6. The van der Waals surface area contributed by atoms with Gasteiger partial charge in [-0.2, -0.15) is 0 Å². The van der Waals surface area contributed by atoms with Gasteiger partial charge in [0.15, 0.2) is 0 Å². The van der Waals surface area contributed by atoms with Gasteiger partial charge in [-0.3, -0.25) is 0 Å². The fraction of sp³-hybridized carbons (Fsp3) is 0.438. The van der Waals surface area contributed by atoms with Crippen molar-refractivity contribution >= 4 is 12.1 Å². The fourth-order valence-corrected chi connectivity index (χ4v) is 2.37. The molecule has 0 heterocycles. The van der Waals surface area contributed by atoms with Gasteiger partial charge in [-0.25, -0.2) is 4.79 Å². The Morgan fingerprint density at radius 2 is 1.90 bits per heavy atom. The summed E-state index contributed by atoms with van der Waals surface area (Å²) in [5, 5.41) is 15.2. The molecule has 1 aliphatic carbocycles. The number of nitrogens with one attached hydrogen (secondary N) is 2. The van der Waals surface area contributed by atoms with E-state index < -0.39 is 0 Å². The SMILES string of the molecule is O=C(NCC=Cc1ccccc1)NC1CCC(O)CC1. The van der Waals surface area contributed by atoms with Crippen LogP contribution in [0.3, 0.4) is 0 Å². The lowest BCUT2D eigenvalue weighted by atomic mass is 9.93. The van der Waals surface area contributed by atoms with Crippen molar-refractivity contribution in [3.63, 3.8) is 0 Å². The van der Waals surface area contributed by atoms with Gasteiger partial charge in [0.25, 0.3) is 0 Å². The van der Waals surface area contributed by atoms with Gasteiger partial charge in [0.05, 0.1) is 6.10 Å². The Balaban J connectivity index is 1.64. The number of aliphatic hydroxyl groups excluding tert-OH is 1. The average molecular weight is 274 g/mol. The molecule has 108 valence electrons. The second-order valence-electron chi connectivity index (χ2n) is 5.17. The molecule has 20 heavy (non-hydrogen) atoms. The summed E-state index contributed by atoms with van der Waals surface area (Å²) >= 11 is 0. The summed E-state index contributed by atoms with van der Waals surface area (Å²) in [5.41, 5.74) is 1.12. The van der Waals surface area contributed by atoms with Crippen LogP contribution in [0.5, 0.6) is 0 Å². The first-order valence-electron chi connectivity index (χ1n) is 7.18. The van der Waals surface area contributed by atoms with Crippen molar-refractivity contribution in [3.05, 3.63) is 42.0 Å². The van der Waals surface area contributed by atoms with Crippen LogP contribution in [-0.4, -0.2) is 29.8 Å². The summed E-state index contributed by atoms with van der Waals surface area (Å²) in [4.78, 5) is 11.7. The molecule has 3 N–H and O–H groups in total. The Morgan fingerprint density at radius 1 is 1.20 bits per heavy atom. The molecule has 2 rings (SSSR count). The monoisotopic (exact) mass is 274 g/mol. The van der Waals surface area contributed by atoms with Crippen molar-refractivity contribution in [3.8, 4) is 0 Å². The molecule has 4 heteroatoms. The zero-order valence-electron chi connectivity index (χ0n) is 11.6. The largest absolute Gasteiger partial charge is 0.393 e. The van der Waals surface area contributed by atoms with Gasteiger partial charge < -0.3 is 15.7 Å². The van der Waals surface area contributed by atoms with E-state index in [4.69, 9.17) is 0 Å². The van der Waals surface area contributed by atoms with Crippen LogP contribution < -0.4 is 10.6 Å². The van der Waals surface area contributed by atoms with Gasteiger partial charge in [0.2, 0.25) is 0 Å². The summed E-state index contributed by atoms with van der Waals surface area (Å²) in [7, 11) is 0. The molecule has 0 aromatic heterocycles. The van der Waals surface area contributed by atoms with E-state index in [0.717, 1.165) is 31.2 Å². The second kappa shape index (κ2) is 7.70. The van der Waals surface area contributed by atoms with E-state index in [-0.39, 0.29) is 18.2 Å². The maximum atomic E-state index is 11.7. The number of aliphatic hydroxyl groups is 1. The van der Waals surface area contributed by atoms with Gasteiger partial charge in [-0.05, 0) is 31.2 Å². The maximum Gasteiger partial charge on any atom is 0.315 e. The number of carbonyl (C=O) groups is 1. The van der Waals surface area contributed by atoms with E-state index in [1.807, 2.05) is 42.5 Å². The molecule has 0 saturated heterocycles. The second-order valence-corrected chi connectivity index (χ2v) is 5.17. The highest BCUT2D eigenvalue weighted by molar-refractivity contribution is 5.74. The quantitative estimate of drug-likeness (QED) is 0.789. The van der Waals surface area contributed by atoms with Crippen LogP contribution in [0.25, 0.3) is 6.08 Å². The van der Waals surface area contributed by atoms with E-state index >= 15 is 0 Å². The van der Waals surface area contributed by atoms with Crippen molar-refractivity contribution in [2.75, 3.05) is 6.54 Å². The third-order valence-electron chi connectivity index (χ3n) is 3.52. The van der Waals surface area contributed by atoms with Gasteiger partial charge in [0.1, 0.15) is 0 Å². The van der Waals surface area contributed by atoms with Crippen LogP contribution in [0.4, 0.5) is 4.79 Å². The molecule has 0 atom stereocenters. The summed E-state index contributed by atoms with van der Waals surface area (Å²) in [6, 6.07) is 10.0. The highest BCUT2D eigenvalue weighted by Gasteiger charge is 2.20. The third-order valence-corrected chi connectivity index (χ3v) is 3.52. The van der Waals surface area contributed by atoms with E-state index in [1.165, 1.54) is 0 Å². The lowest BCUT2D eigenvalue weighted by Gasteiger charge is -2.26. The molecule has 1 aromatic rings. The van der Waals surface area contributed by atoms with Crippen LogP contribution >= 0.6 is 0 Å². The smallest absolute Gasteiger partial charge is 0.315 e. The molecule has 1 aromatic carbocycles. The molecule has 0 spiro atoms. The summed E-state index contributed by atoms with van der Waals surface area (Å²) in [6.07, 6.45) is 6.99. The molecule has 4 nitrogen and oxygen atoms in total. The van der Waals surface area contributed by atoms with Gasteiger partial charge in [0, 0.05) is 12.6 Å². The predicted molar refractivity (Wildman–Crippen MR) is 80.3 cm³/mol. The van der Waals surface area contributed by atoms with E-state index in [0.29, 0.717) is 6.54 Å². The average Bonchev–Trinajstić information content (AvgIpc) is 2.47. The predicted octanol–water partition coefficient (Wildman–Crippen LogP) is 2.30. The molecule has 2 amide bonds. The van der Waals surface area contributed by atoms with Crippen LogP contribution in [-0.2, 0) is 0 Å². The lowest BCUT2D eigenvalue weighted by molar-refractivity contribution is 0.117. The molecular formula is C16H22N2O2. The number of hydrogen-bond donors (Lipinski definition) is 3. The number of benzene rings is 1. The third kappa shape index (κ3) is 5.05. The van der Waals surface area contributed by atoms with E-state index in [2.05, 4.69) is 10.6 Å². The highest BCUT2D eigenvalue weighted by Crippen LogP contribution is 2.17. The molecule has 0 radical (unpaired) electrons. The minimum Gasteiger partial charge on any atom is -0.393 e. The van der Waals surface area contributed by atoms with Gasteiger partial charge in [-0.15, -0.1) is 0 Å². The van der Waals surface area contributed by atoms with Crippen molar-refractivity contribution in [2.45, 2.75) is 37.8 Å². The fourth-order valence-electron chi connectivity index (χ4n) is 2.37. The van der Waals surface area contributed by atoms with Crippen LogP contribution in [0.15, 0.2) is 36.4 Å². The molecule has 1 aliphatic rings. The first-order chi connectivity index (χ1) is 9.74. The molecule has 0 aliphatic heterocycles. The molecule has 1 fully saturated rings. The lowest BCUT2D eigenvalue weighted by Crippen LogP contribution is -2.44. The number of rotatable bonds is 4. The minimum atomic E-state index is -0.190. The normalized spacial score (nSPS) is 22.6. The first kappa shape index (κ1) is 14.6. The van der Waals surface area contributed by atoms with Crippen molar-refractivity contribution < 1.29 is 9.90 Å². The van der Waals surface area contributed by atoms with Crippen LogP contribution in [0.1, 0.15) is 31.2 Å². The molecule has 0 unspecified atom stereocenters. The molecular weight excluding hydrogens is 252 g/mol. The van der Waals surface area contributed by atoms with Crippen molar-refractivity contribution in [1.29, 1.82) is 0 Å². The van der Waals surface area contributed by atoms with E-state index in [9.17, 15) is 9.90 Å². The number of hydrogen-bond acceptors (Lipinski definition) is 2. The number of urea groups is 1. The minimum absolute atomic E-state index is 0.135. The van der Waals surface area contributed by atoms with Crippen LogP contribution in [0.2, 0.25) is 0 Å². The maximum absolute atomic E-state index is 11.7. The Bertz CT molecular complexity index is 437. The van der Waals surface area contributed by atoms with Crippen molar-refractivity contribution in [1.82, 2.24) is 10.6 Å². The Hall–Kier alpha value is -1.81. The highest BCUT2D eigenvalue weighted by atomic mass is 16.3. The van der Waals surface area contributed by atoms with Gasteiger partial charge >= 0.3 is 6.03 Å². The summed E-state index contributed by atoms with van der Waals surface area (Å²) in [6.45, 7) is 0.510. The topological polar surface area (TPSA) is 61.4 Å². The van der Waals surface area contributed by atoms with E-state index in [1.54, 1.807) is 0 Å². The zero-order chi connectivity index (χ0) is 14.2. The van der Waals surface area contributed by atoms with Gasteiger partial charge in [-0.1, -0.05) is 42.5 Å². The summed E-state index contributed by atoms with van der Waals surface area (Å²) < 4.78 is 0. The van der Waals surface area contributed by atoms with Crippen molar-refractivity contribution in [2.24, 2.45) is 0 Å². The Morgan fingerprint density at radius 3 is 2.60 bits per heavy atom.